The van der Waals surface area contributed by atoms with Crippen molar-refractivity contribution in [1.29, 1.82) is 0 Å². The summed E-state index contributed by atoms with van der Waals surface area (Å²) in [5.41, 5.74) is 2.59. The molecule has 0 spiro atoms. The summed E-state index contributed by atoms with van der Waals surface area (Å²) in [6.45, 7) is 8.71. The summed E-state index contributed by atoms with van der Waals surface area (Å²) in [4.78, 5) is 8.82. The van der Waals surface area contributed by atoms with Crippen LogP contribution < -0.4 is 16.6 Å². The lowest BCUT2D eigenvalue weighted by Gasteiger charge is -2.17. The lowest BCUT2D eigenvalue weighted by Crippen LogP contribution is -2.19. The van der Waals surface area contributed by atoms with Crippen LogP contribution in [0.25, 0.3) is 0 Å². The fourth-order valence-electron chi connectivity index (χ4n) is 2.00. The van der Waals surface area contributed by atoms with Crippen LogP contribution in [0.1, 0.15) is 46.4 Å². The van der Waals surface area contributed by atoms with Gasteiger partial charge in [-0.25, -0.2) is 15.8 Å². The first-order valence-electron chi connectivity index (χ1n) is 6.66. The number of hydrazine groups is 1. The van der Waals surface area contributed by atoms with Crippen LogP contribution in [-0.2, 0) is 6.42 Å². The Hall–Kier alpha value is -1.36. The molecule has 0 saturated heterocycles. The van der Waals surface area contributed by atoms with Crippen LogP contribution in [0.5, 0.6) is 0 Å². The number of nitrogen functional groups attached to an aromatic ring is 1. The normalized spacial score (nSPS) is 12.6. The molecule has 1 rings (SSSR count). The molecule has 0 aliphatic carbocycles. The van der Waals surface area contributed by atoms with E-state index in [0.29, 0.717) is 17.8 Å². The quantitative estimate of drug-likeness (QED) is 0.513. The second kappa shape index (κ2) is 7.16. The molecule has 1 aromatic heterocycles. The van der Waals surface area contributed by atoms with Gasteiger partial charge in [-0.2, -0.15) is 0 Å². The van der Waals surface area contributed by atoms with Crippen molar-refractivity contribution in [2.24, 2.45) is 11.8 Å². The first-order valence-corrected chi connectivity index (χ1v) is 6.66. The molecule has 1 atom stereocenters. The van der Waals surface area contributed by atoms with Crippen LogP contribution in [-0.4, -0.2) is 16.0 Å². The van der Waals surface area contributed by atoms with Crippen molar-refractivity contribution in [2.45, 2.75) is 53.0 Å². The molecule has 0 radical (unpaired) electrons. The van der Waals surface area contributed by atoms with Gasteiger partial charge in [0, 0.05) is 18.5 Å². The predicted molar refractivity (Wildman–Crippen MR) is 76.4 cm³/mol. The second-order valence-electron chi connectivity index (χ2n) is 5.12. The number of aromatic nitrogens is 2. The van der Waals surface area contributed by atoms with Gasteiger partial charge in [0.25, 0.3) is 0 Å². The first-order chi connectivity index (χ1) is 8.55. The van der Waals surface area contributed by atoms with Gasteiger partial charge in [0.2, 0.25) is 0 Å². The third kappa shape index (κ3) is 4.87. The predicted octanol–water partition coefficient (Wildman–Crippen LogP) is 2.56. The Kier molecular flexibility index (Phi) is 5.85. The van der Waals surface area contributed by atoms with Crippen molar-refractivity contribution >= 4 is 11.6 Å². The van der Waals surface area contributed by atoms with Crippen molar-refractivity contribution in [2.75, 3.05) is 10.7 Å². The lowest BCUT2D eigenvalue weighted by molar-refractivity contribution is 0.538. The molecule has 0 fully saturated rings. The highest BCUT2D eigenvalue weighted by Crippen LogP contribution is 2.15. The standard InChI is InChI=1S/C13H25N5/c1-5-6-11-16-12(8-13(17-11)18-14)15-10(4)7-9(2)3/h8-10H,5-7,14H2,1-4H3,(H2,15,16,17,18). The number of rotatable bonds is 7. The van der Waals surface area contributed by atoms with E-state index in [1.54, 1.807) is 0 Å². The summed E-state index contributed by atoms with van der Waals surface area (Å²) < 4.78 is 0. The van der Waals surface area contributed by atoms with E-state index in [0.717, 1.165) is 30.9 Å². The van der Waals surface area contributed by atoms with Gasteiger partial charge in [-0.05, 0) is 25.7 Å². The molecule has 102 valence electrons. The minimum absolute atomic E-state index is 0.389. The Morgan fingerprint density at radius 2 is 1.89 bits per heavy atom. The summed E-state index contributed by atoms with van der Waals surface area (Å²) in [5, 5.41) is 3.40. The Morgan fingerprint density at radius 1 is 1.22 bits per heavy atom. The topological polar surface area (TPSA) is 75.9 Å². The number of aryl methyl sites for hydroxylation is 1. The molecule has 4 N–H and O–H groups in total. The average Bonchev–Trinajstić information content (AvgIpc) is 2.27. The van der Waals surface area contributed by atoms with Crippen molar-refractivity contribution in [3.05, 3.63) is 11.9 Å². The number of anilines is 2. The Labute approximate surface area is 110 Å². The van der Waals surface area contributed by atoms with Gasteiger partial charge in [-0.1, -0.05) is 20.8 Å². The Bertz CT molecular complexity index is 364. The van der Waals surface area contributed by atoms with Crippen molar-refractivity contribution in [3.63, 3.8) is 0 Å². The molecule has 5 nitrogen and oxygen atoms in total. The van der Waals surface area contributed by atoms with E-state index in [9.17, 15) is 0 Å². The first kappa shape index (κ1) is 14.7. The summed E-state index contributed by atoms with van der Waals surface area (Å²) in [6, 6.07) is 2.23. The van der Waals surface area contributed by atoms with Gasteiger partial charge in [-0.15, -0.1) is 0 Å². The maximum Gasteiger partial charge on any atom is 0.145 e. The van der Waals surface area contributed by atoms with Crippen LogP contribution >= 0.6 is 0 Å². The van der Waals surface area contributed by atoms with Gasteiger partial charge in [0.1, 0.15) is 17.5 Å². The summed E-state index contributed by atoms with van der Waals surface area (Å²) >= 11 is 0. The molecule has 0 amide bonds. The van der Waals surface area contributed by atoms with Crippen LogP contribution in [0.2, 0.25) is 0 Å². The summed E-state index contributed by atoms with van der Waals surface area (Å²) in [5.74, 6) is 8.42. The smallest absolute Gasteiger partial charge is 0.145 e. The highest BCUT2D eigenvalue weighted by atomic mass is 15.3. The maximum atomic E-state index is 5.43. The highest BCUT2D eigenvalue weighted by Gasteiger charge is 2.08. The van der Waals surface area contributed by atoms with E-state index in [1.165, 1.54) is 0 Å². The summed E-state index contributed by atoms with van der Waals surface area (Å²) in [6.07, 6.45) is 3.00. The molecule has 0 saturated carbocycles. The molecule has 18 heavy (non-hydrogen) atoms. The van der Waals surface area contributed by atoms with Gasteiger partial charge in [0.05, 0.1) is 0 Å². The zero-order valence-corrected chi connectivity index (χ0v) is 11.8. The van der Waals surface area contributed by atoms with Crippen LogP contribution in [0.3, 0.4) is 0 Å². The van der Waals surface area contributed by atoms with Crippen molar-refractivity contribution in [3.8, 4) is 0 Å². The van der Waals surface area contributed by atoms with E-state index in [2.05, 4.69) is 48.4 Å². The van der Waals surface area contributed by atoms with Crippen LogP contribution in [0.4, 0.5) is 11.6 Å². The molecule has 1 aromatic rings. The Balaban J connectivity index is 2.77. The molecule has 0 aliphatic rings. The fraction of sp³-hybridized carbons (Fsp3) is 0.692. The third-order valence-electron chi connectivity index (χ3n) is 2.61. The monoisotopic (exact) mass is 251 g/mol. The van der Waals surface area contributed by atoms with Gasteiger partial charge in [0.15, 0.2) is 0 Å². The average molecular weight is 251 g/mol. The molecular weight excluding hydrogens is 226 g/mol. The molecule has 1 unspecified atom stereocenters. The minimum Gasteiger partial charge on any atom is -0.367 e. The molecular formula is C13H25N5. The number of nitrogens with two attached hydrogens (primary N) is 1. The van der Waals surface area contributed by atoms with Gasteiger partial charge >= 0.3 is 0 Å². The van der Waals surface area contributed by atoms with E-state index < -0.39 is 0 Å². The van der Waals surface area contributed by atoms with Crippen LogP contribution in [0, 0.1) is 5.92 Å². The van der Waals surface area contributed by atoms with Crippen molar-refractivity contribution in [1.82, 2.24) is 9.97 Å². The van der Waals surface area contributed by atoms with Crippen LogP contribution in [0.15, 0.2) is 6.07 Å². The lowest BCUT2D eigenvalue weighted by atomic mass is 10.1. The zero-order chi connectivity index (χ0) is 13.5. The number of nitrogens with zero attached hydrogens (tertiary/aromatic N) is 2. The zero-order valence-electron chi connectivity index (χ0n) is 11.8. The molecule has 0 bridgehead atoms. The van der Waals surface area contributed by atoms with E-state index >= 15 is 0 Å². The minimum atomic E-state index is 0.389. The summed E-state index contributed by atoms with van der Waals surface area (Å²) in [7, 11) is 0. The molecule has 0 aliphatic heterocycles. The number of nitrogens with one attached hydrogen (secondary N) is 2. The Morgan fingerprint density at radius 3 is 2.44 bits per heavy atom. The molecule has 5 heteroatoms. The van der Waals surface area contributed by atoms with Gasteiger partial charge in [-0.3, -0.25) is 0 Å². The van der Waals surface area contributed by atoms with E-state index in [4.69, 9.17) is 5.84 Å². The highest BCUT2D eigenvalue weighted by molar-refractivity contribution is 5.47. The largest absolute Gasteiger partial charge is 0.367 e. The van der Waals surface area contributed by atoms with Crippen molar-refractivity contribution < 1.29 is 0 Å². The fourth-order valence-corrected chi connectivity index (χ4v) is 2.00. The van der Waals surface area contributed by atoms with E-state index in [1.807, 2.05) is 6.07 Å². The maximum absolute atomic E-state index is 5.43. The van der Waals surface area contributed by atoms with E-state index in [-0.39, 0.29) is 0 Å². The third-order valence-corrected chi connectivity index (χ3v) is 2.61. The SMILES string of the molecule is CCCc1nc(NN)cc(NC(C)CC(C)C)n1. The number of hydrogen-bond donors (Lipinski definition) is 3. The molecule has 1 heterocycles. The van der Waals surface area contributed by atoms with Gasteiger partial charge < -0.3 is 10.7 Å². The number of hydrogen-bond acceptors (Lipinski definition) is 5. The molecule has 0 aromatic carbocycles. The second-order valence-corrected chi connectivity index (χ2v) is 5.12.